The SMILES string of the molecule is CCN1CCC(NCCCn2nc(C)cc2C)CC1. The van der Waals surface area contributed by atoms with E-state index in [0.717, 1.165) is 31.2 Å². The molecule has 1 aromatic rings. The molecule has 0 saturated carbocycles. The third kappa shape index (κ3) is 4.32. The van der Waals surface area contributed by atoms with Gasteiger partial charge in [-0.25, -0.2) is 0 Å². The maximum atomic E-state index is 4.50. The van der Waals surface area contributed by atoms with E-state index in [-0.39, 0.29) is 0 Å². The van der Waals surface area contributed by atoms with Crippen molar-refractivity contribution in [1.29, 1.82) is 0 Å². The fourth-order valence-electron chi connectivity index (χ4n) is 2.89. The van der Waals surface area contributed by atoms with Crippen LogP contribution in [0.4, 0.5) is 0 Å². The number of likely N-dealkylation sites (tertiary alicyclic amines) is 1. The summed E-state index contributed by atoms with van der Waals surface area (Å²) in [6.07, 6.45) is 3.76. The van der Waals surface area contributed by atoms with Gasteiger partial charge in [0.1, 0.15) is 0 Å². The van der Waals surface area contributed by atoms with Crippen LogP contribution in [-0.4, -0.2) is 46.9 Å². The highest BCUT2D eigenvalue weighted by Crippen LogP contribution is 2.09. The molecule has 108 valence electrons. The fourth-order valence-corrected chi connectivity index (χ4v) is 2.89. The Bertz CT molecular complexity index is 377. The summed E-state index contributed by atoms with van der Waals surface area (Å²) in [5.74, 6) is 0. The molecule has 2 rings (SSSR count). The van der Waals surface area contributed by atoms with Gasteiger partial charge in [0.15, 0.2) is 0 Å². The van der Waals surface area contributed by atoms with Gasteiger partial charge in [-0.3, -0.25) is 4.68 Å². The van der Waals surface area contributed by atoms with Gasteiger partial charge in [0.25, 0.3) is 0 Å². The van der Waals surface area contributed by atoms with Gasteiger partial charge >= 0.3 is 0 Å². The molecule has 0 aromatic carbocycles. The van der Waals surface area contributed by atoms with E-state index in [1.54, 1.807) is 0 Å². The van der Waals surface area contributed by atoms with Crippen molar-refractivity contribution in [2.75, 3.05) is 26.2 Å². The minimum absolute atomic E-state index is 0.725. The lowest BCUT2D eigenvalue weighted by Gasteiger charge is -2.31. The fraction of sp³-hybridized carbons (Fsp3) is 0.800. The summed E-state index contributed by atoms with van der Waals surface area (Å²) in [7, 11) is 0. The minimum Gasteiger partial charge on any atom is -0.314 e. The molecule has 0 bridgehead atoms. The zero-order valence-electron chi connectivity index (χ0n) is 12.7. The third-order valence-electron chi connectivity index (χ3n) is 4.12. The van der Waals surface area contributed by atoms with E-state index < -0.39 is 0 Å². The Balaban J connectivity index is 1.61. The Hall–Kier alpha value is -0.870. The van der Waals surface area contributed by atoms with E-state index in [4.69, 9.17) is 0 Å². The van der Waals surface area contributed by atoms with Crippen molar-refractivity contribution in [2.45, 2.75) is 52.6 Å². The van der Waals surface area contributed by atoms with Crippen LogP contribution in [0.5, 0.6) is 0 Å². The average Bonchev–Trinajstić information content (AvgIpc) is 2.74. The molecule has 0 atom stereocenters. The zero-order chi connectivity index (χ0) is 13.7. The van der Waals surface area contributed by atoms with Gasteiger partial charge in [0.05, 0.1) is 5.69 Å². The molecular formula is C15H28N4. The molecule has 1 saturated heterocycles. The summed E-state index contributed by atoms with van der Waals surface area (Å²) >= 11 is 0. The molecule has 1 aliphatic rings. The lowest BCUT2D eigenvalue weighted by Crippen LogP contribution is -2.42. The van der Waals surface area contributed by atoms with E-state index in [0.29, 0.717) is 0 Å². The van der Waals surface area contributed by atoms with Crippen molar-refractivity contribution in [3.8, 4) is 0 Å². The first-order valence-corrected chi connectivity index (χ1v) is 7.66. The van der Waals surface area contributed by atoms with Gasteiger partial charge < -0.3 is 10.2 Å². The monoisotopic (exact) mass is 264 g/mol. The Kier molecular flexibility index (Phi) is 5.40. The molecular weight excluding hydrogens is 236 g/mol. The van der Waals surface area contributed by atoms with Crippen LogP contribution >= 0.6 is 0 Å². The number of aromatic nitrogens is 2. The average molecular weight is 264 g/mol. The van der Waals surface area contributed by atoms with Crippen LogP contribution < -0.4 is 5.32 Å². The lowest BCUT2D eigenvalue weighted by molar-refractivity contribution is 0.206. The first-order valence-electron chi connectivity index (χ1n) is 7.66. The molecule has 0 aliphatic carbocycles. The molecule has 4 nitrogen and oxygen atoms in total. The topological polar surface area (TPSA) is 33.1 Å². The van der Waals surface area contributed by atoms with E-state index >= 15 is 0 Å². The van der Waals surface area contributed by atoms with Crippen LogP contribution in [0.1, 0.15) is 37.6 Å². The second kappa shape index (κ2) is 7.06. The number of nitrogens with zero attached hydrogens (tertiary/aromatic N) is 3. The standard InChI is InChI=1S/C15H28N4/c1-4-18-10-6-15(7-11-18)16-8-5-9-19-14(3)12-13(2)17-19/h12,15-16H,4-11H2,1-3H3. The van der Waals surface area contributed by atoms with Crippen LogP contribution in [0.25, 0.3) is 0 Å². The quantitative estimate of drug-likeness (QED) is 0.797. The Labute approximate surface area is 117 Å². The van der Waals surface area contributed by atoms with E-state index in [2.05, 4.69) is 46.8 Å². The maximum Gasteiger partial charge on any atom is 0.0596 e. The molecule has 0 amide bonds. The summed E-state index contributed by atoms with van der Waals surface area (Å²) in [4.78, 5) is 2.54. The number of piperidine rings is 1. The molecule has 19 heavy (non-hydrogen) atoms. The predicted molar refractivity (Wildman–Crippen MR) is 79.5 cm³/mol. The second-order valence-corrected chi connectivity index (χ2v) is 5.67. The van der Waals surface area contributed by atoms with Crippen LogP contribution in [0.2, 0.25) is 0 Å². The Morgan fingerprint density at radius 2 is 2.05 bits per heavy atom. The Morgan fingerprint density at radius 3 is 2.63 bits per heavy atom. The van der Waals surface area contributed by atoms with Crippen LogP contribution in [-0.2, 0) is 6.54 Å². The van der Waals surface area contributed by atoms with Gasteiger partial charge in [0, 0.05) is 18.3 Å². The molecule has 0 unspecified atom stereocenters. The third-order valence-corrected chi connectivity index (χ3v) is 4.12. The van der Waals surface area contributed by atoms with Crippen molar-refractivity contribution in [2.24, 2.45) is 0 Å². The highest BCUT2D eigenvalue weighted by molar-refractivity contribution is 5.06. The smallest absolute Gasteiger partial charge is 0.0596 e. The number of nitrogens with one attached hydrogen (secondary N) is 1. The molecule has 2 heterocycles. The second-order valence-electron chi connectivity index (χ2n) is 5.67. The number of aryl methyl sites for hydroxylation is 3. The summed E-state index contributed by atoms with van der Waals surface area (Å²) in [6.45, 7) is 12.3. The summed E-state index contributed by atoms with van der Waals surface area (Å²) in [6, 6.07) is 2.87. The molecule has 0 radical (unpaired) electrons. The van der Waals surface area contributed by atoms with Gasteiger partial charge in [-0.1, -0.05) is 6.92 Å². The highest BCUT2D eigenvalue weighted by Gasteiger charge is 2.16. The van der Waals surface area contributed by atoms with Crippen molar-refractivity contribution < 1.29 is 0 Å². The molecule has 1 fully saturated rings. The number of hydrogen-bond donors (Lipinski definition) is 1. The van der Waals surface area contributed by atoms with E-state index in [1.165, 1.54) is 38.2 Å². The molecule has 1 aliphatic heterocycles. The zero-order valence-corrected chi connectivity index (χ0v) is 12.7. The number of hydrogen-bond acceptors (Lipinski definition) is 3. The maximum absolute atomic E-state index is 4.50. The van der Waals surface area contributed by atoms with Crippen LogP contribution in [0.15, 0.2) is 6.07 Å². The summed E-state index contributed by atoms with van der Waals surface area (Å²) in [5.41, 5.74) is 2.39. The predicted octanol–water partition coefficient (Wildman–Crippen LogP) is 1.96. The van der Waals surface area contributed by atoms with E-state index in [9.17, 15) is 0 Å². The van der Waals surface area contributed by atoms with Gasteiger partial charge in [-0.05, 0) is 65.4 Å². The highest BCUT2D eigenvalue weighted by atomic mass is 15.3. The van der Waals surface area contributed by atoms with E-state index in [1.807, 2.05) is 0 Å². The first-order chi connectivity index (χ1) is 9.19. The normalized spacial score (nSPS) is 18.1. The van der Waals surface area contributed by atoms with Crippen LogP contribution in [0.3, 0.4) is 0 Å². The van der Waals surface area contributed by atoms with Gasteiger partial charge in [-0.2, -0.15) is 5.10 Å². The summed E-state index contributed by atoms with van der Waals surface area (Å²) < 4.78 is 2.12. The van der Waals surface area contributed by atoms with Crippen LogP contribution in [0, 0.1) is 13.8 Å². The number of rotatable bonds is 6. The molecule has 4 heteroatoms. The van der Waals surface area contributed by atoms with Crippen molar-refractivity contribution in [3.63, 3.8) is 0 Å². The molecule has 1 aromatic heterocycles. The molecule has 1 N–H and O–H groups in total. The van der Waals surface area contributed by atoms with Gasteiger partial charge in [0.2, 0.25) is 0 Å². The first kappa shape index (κ1) is 14.5. The Morgan fingerprint density at radius 1 is 1.32 bits per heavy atom. The van der Waals surface area contributed by atoms with Gasteiger partial charge in [-0.15, -0.1) is 0 Å². The summed E-state index contributed by atoms with van der Waals surface area (Å²) in [5, 5.41) is 8.19. The van der Waals surface area contributed by atoms with Crippen molar-refractivity contribution in [3.05, 3.63) is 17.5 Å². The largest absolute Gasteiger partial charge is 0.314 e. The minimum atomic E-state index is 0.725. The molecule has 0 spiro atoms. The van der Waals surface area contributed by atoms with Crippen molar-refractivity contribution in [1.82, 2.24) is 20.0 Å². The van der Waals surface area contributed by atoms with Crippen molar-refractivity contribution >= 4 is 0 Å². The lowest BCUT2D eigenvalue weighted by atomic mass is 10.1.